The highest BCUT2D eigenvalue weighted by molar-refractivity contribution is 6.33. The zero-order chi connectivity index (χ0) is 28.8. The predicted octanol–water partition coefficient (Wildman–Crippen LogP) is 5.54. The first-order chi connectivity index (χ1) is 19.2. The first-order valence-electron chi connectivity index (χ1n) is 12.7. The Labute approximate surface area is 239 Å². The van der Waals surface area contributed by atoms with E-state index in [9.17, 15) is 4.79 Å². The molecule has 4 aromatic rings. The van der Waals surface area contributed by atoms with Crippen LogP contribution < -0.4 is 25.4 Å². The van der Waals surface area contributed by atoms with Crippen LogP contribution in [0.3, 0.4) is 0 Å². The van der Waals surface area contributed by atoms with Crippen molar-refractivity contribution in [1.82, 2.24) is 19.4 Å². The quantitative estimate of drug-likeness (QED) is 0.152. The molecule has 0 spiro atoms. The van der Waals surface area contributed by atoms with E-state index >= 15 is 0 Å². The van der Waals surface area contributed by atoms with Gasteiger partial charge >= 0.3 is 0 Å². The number of rotatable bonds is 12. The Hall–Kier alpha value is -4.28. The fraction of sp³-hybridized carbons (Fsp3) is 0.276. The number of fused-ring (bicyclic) bond motifs is 1. The van der Waals surface area contributed by atoms with Crippen LogP contribution in [-0.2, 0) is 11.8 Å². The lowest BCUT2D eigenvalue weighted by atomic mass is 10.1. The van der Waals surface area contributed by atoms with E-state index in [0.29, 0.717) is 40.3 Å². The van der Waals surface area contributed by atoms with Crippen molar-refractivity contribution in [3.05, 3.63) is 60.4 Å². The van der Waals surface area contributed by atoms with Crippen LogP contribution in [0.2, 0.25) is 5.02 Å². The molecule has 40 heavy (non-hydrogen) atoms. The smallest absolute Gasteiger partial charge is 0.247 e. The number of benzene rings is 2. The minimum Gasteiger partial charge on any atom is -0.497 e. The molecule has 0 saturated carbocycles. The molecule has 0 aliphatic carbocycles. The van der Waals surface area contributed by atoms with Gasteiger partial charge in [-0.1, -0.05) is 18.2 Å². The highest BCUT2D eigenvalue weighted by Crippen LogP contribution is 2.38. The number of carbonyl (C=O) groups excluding carboxylic acids is 1. The Bertz CT molecular complexity index is 1530. The van der Waals surface area contributed by atoms with Gasteiger partial charge in [-0.15, -0.1) is 0 Å². The Morgan fingerprint density at radius 2 is 1.95 bits per heavy atom. The summed E-state index contributed by atoms with van der Waals surface area (Å²) in [5.41, 5.74) is 4.27. The lowest BCUT2D eigenvalue weighted by Crippen LogP contribution is -2.17. The highest BCUT2D eigenvalue weighted by atomic mass is 35.5. The van der Waals surface area contributed by atoms with Gasteiger partial charge in [0, 0.05) is 42.9 Å². The highest BCUT2D eigenvalue weighted by Gasteiger charge is 2.17. The van der Waals surface area contributed by atoms with E-state index in [0.717, 1.165) is 40.9 Å². The van der Waals surface area contributed by atoms with Gasteiger partial charge in [0.25, 0.3) is 0 Å². The molecule has 0 atom stereocenters. The first kappa shape index (κ1) is 28.7. The summed E-state index contributed by atoms with van der Waals surface area (Å²) in [6.07, 6.45) is 5.68. The number of amides is 1. The van der Waals surface area contributed by atoms with Crippen molar-refractivity contribution >= 4 is 51.4 Å². The van der Waals surface area contributed by atoms with E-state index < -0.39 is 0 Å². The number of aryl methyl sites for hydroxylation is 1. The molecule has 0 unspecified atom stereocenters. The monoisotopic (exact) mass is 563 g/mol. The summed E-state index contributed by atoms with van der Waals surface area (Å²) >= 11 is 6.58. The average molecular weight is 564 g/mol. The van der Waals surface area contributed by atoms with Crippen molar-refractivity contribution < 1.29 is 14.3 Å². The van der Waals surface area contributed by atoms with Crippen LogP contribution in [0, 0.1) is 0 Å². The van der Waals surface area contributed by atoms with Crippen LogP contribution in [0.4, 0.5) is 23.0 Å². The van der Waals surface area contributed by atoms with Crippen LogP contribution in [0.25, 0.3) is 22.2 Å². The largest absolute Gasteiger partial charge is 0.497 e. The summed E-state index contributed by atoms with van der Waals surface area (Å²) in [6, 6.07) is 9.45. The number of anilines is 4. The third-order valence-electron chi connectivity index (χ3n) is 6.32. The van der Waals surface area contributed by atoms with Crippen LogP contribution in [0.15, 0.2) is 55.4 Å². The third-order valence-corrected chi connectivity index (χ3v) is 6.60. The number of carbonyl (C=O) groups is 1. The van der Waals surface area contributed by atoms with Crippen molar-refractivity contribution in [3.63, 3.8) is 0 Å². The summed E-state index contributed by atoms with van der Waals surface area (Å²) in [5.74, 6) is 1.29. The topological polar surface area (TPSA) is 106 Å². The molecule has 0 radical (unpaired) electrons. The van der Waals surface area contributed by atoms with E-state index in [2.05, 4.69) is 32.4 Å². The Morgan fingerprint density at radius 3 is 2.65 bits per heavy atom. The molecule has 2 aromatic carbocycles. The summed E-state index contributed by atoms with van der Waals surface area (Å²) in [5, 5.41) is 10.9. The Balaban J connectivity index is 1.69. The van der Waals surface area contributed by atoms with Gasteiger partial charge in [0.1, 0.15) is 11.5 Å². The van der Waals surface area contributed by atoms with Gasteiger partial charge in [-0.2, -0.15) is 0 Å². The summed E-state index contributed by atoms with van der Waals surface area (Å²) in [7, 11) is 9.23. The van der Waals surface area contributed by atoms with E-state index in [1.54, 1.807) is 26.5 Å². The molecule has 0 fully saturated rings. The van der Waals surface area contributed by atoms with E-state index in [1.807, 2.05) is 56.2 Å². The molecule has 3 N–H and O–H groups in total. The number of ether oxygens (including phenoxy) is 2. The number of hydrogen-bond donors (Lipinski definition) is 3. The predicted molar refractivity (Wildman–Crippen MR) is 162 cm³/mol. The van der Waals surface area contributed by atoms with Gasteiger partial charge in [0.05, 0.1) is 53.7 Å². The summed E-state index contributed by atoms with van der Waals surface area (Å²) in [6.45, 7) is 5.21. The minimum absolute atomic E-state index is 0.316. The molecule has 0 aliphatic rings. The van der Waals surface area contributed by atoms with E-state index in [-0.39, 0.29) is 5.91 Å². The second-order valence-corrected chi connectivity index (χ2v) is 9.83. The zero-order valence-corrected chi connectivity index (χ0v) is 24.1. The molecule has 11 heteroatoms. The molecule has 210 valence electrons. The summed E-state index contributed by atoms with van der Waals surface area (Å²) in [4.78, 5) is 23.5. The molecule has 2 aromatic heterocycles. The number of methoxy groups -OCH3 is 2. The van der Waals surface area contributed by atoms with Gasteiger partial charge in [-0.3, -0.25) is 4.79 Å². The maximum absolute atomic E-state index is 12.2. The number of hydrogen-bond acceptors (Lipinski definition) is 8. The van der Waals surface area contributed by atoms with Crippen molar-refractivity contribution in [2.45, 2.75) is 6.42 Å². The molecular weight excluding hydrogens is 530 g/mol. The van der Waals surface area contributed by atoms with Gasteiger partial charge in [-0.25, -0.2) is 9.97 Å². The van der Waals surface area contributed by atoms with Gasteiger partial charge in [-0.05, 0) is 51.3 Å². The molecule has 4 rings (SSSR count). The van der Waals surface area contributed by atoms with E-state index in [1.165, 1.54) is 6.08 Å². The standard InChI is InChI=1S/C29H34ClN7O3/c1-7-27(38)33-23-14-24(26(40-6)15-22(23)31-11-8-12-36(2)3)34-29-32-16-21(30)28(35-29)20-17-37(4)25-13-18(39-5)9-10-19(20)25/h7,9-10,13-17,31H,1,8,11-12H2,2-6H3,(H,33,38)(H,32,34,35). The number of nitrogens with zero attached hydrogens (tertiary/aromatic N) is 4. The first-order valence-corrected chi connectivity index (χ1v) is 13.1. The lowest BCUT2D eigenvalue weighted by molar-refractivity contribution is -0.111. The fourth-order valence-electron chi connectivity index (χ4n) is 4.31. The molecule has 1 amide bonds. The lowest BCUT2D eigenvalue weighted by Gasteiger charge is -2.18. The minimum atomic E-state index is -0.329. The van der Waals surface area contributed by atoms with Crippen molar-refractivity contribution in [3.8, 4) is 22.8 Å². The fourth-order valence-corrected chi connectivity index (χ4v) is 4.51. The molecule has 0 aliphatic heterocycles. The molecule has 10 nitrogen and oxygen atoms in total. The van der Waals surface area contributed by atoms with E-state index in [4.69, 9.17) is 26.1 Å². The third kappa shape index (κ3) is 6.47. The van der Waals surface area contributed by atoms with Gasteiger partial charge < -0.3 is 34.9 Å². The van der Waals surface area contributed by atoms with Crippen molar-refractivity contribution in [2.75, 3.05) is 57.4 Å². The van der Waals surface area contributed by atoms with Crippen LogP contribution in [-0.4, -0.2) is 66.7 Å². The molecular formula is C29H34ClN7O3. The molecule has 2 heterocycles. The second-order valence-electron chi connectivity index (χ2n) is 9.43. The van der Waals surface area contributed by atoms with Gasteiger partial charge in [0.15, 0.2) is 0 Å². The second kappa shape index (κ2) is 12.7. The maximum Gasteiger partial charge on any atom is 0.247 e. The van der Waals surface area contributed by atoms with Crippen LogP contribution in [0.1, 0.15) is 6.42 Å². The van der Waals surface area contributed by atoms with Crippen molar-refractivity contribution in [2.24, 2.45) is 7.05 Å². The Kier molecular flexibility index (Phi) is 9.13. The normalized spacial score (nSPS) is 11.0. The van der Waals surface area contributed by atoms with Crippen molar-refractivity contribution in [1.29, 1.82) is 0 Å². The van der Waals surface area contributed by atoms with Gasteiger partial charge in [0.2, 0.25) is 11.9 Å². The number of halogens is 1. The zero-order valence-electron chi connectivity index (χ0n) is 23.3. The maximum atomic E-state index is 12.2. The van der Waals surface area contributed by atoms with Crippen LogP contribution in [0.5, 0.6) is 11.5 Å². The SMILES string of the molecule is C=CC(=O)Nc1cc(Nc2ncc(Cl)c(-c3cn(C)c4cc(OC)ccc34)n2)c(OC)cc1NCCCN(C)C. The summed E-state index contributed by atoms with van der Waals surface area (Å²) < 4.78 is 13.1. The van der Waals surface area contributed by atoms with Crippen LogP contribution >= 0.6 is 11.6 Å². The number of aromatic nitrogens is 3. The number of nitrogens with one attached hydrogen (secondary N) is 3. The average Bonchev–Trinajstić information content (AvgIpc) is 3.27. The molecule has 0 bridgehead atoms. The molecule has 0 saturated heterocycles. The Morgan fingerprint density at radius 1 is 1.15 bits per heavy atom.